The molecular formula is C14H26O3. The predicted octanol–water partition coefficient (Wildman–Crippen LogP) is 3.62. The lowest BCUT2D eigenvalue weighted by Gasteiger charge is -2.26. The van der Waals surface area contributed by atoms with E-state index in [0.29, 0.717) is 12.5 Å². The number of carbonyl (C=O) groups is 1. The maximum atomic E-state index is 10.3. The quantitative estimate of drug-likeness (QED) is 0.661. The summed E-state index contributed by atoms with van der Waals surface area (Å²) in [5, 5.41) is 8.49. The molecule has 0 aromatic rings. The van der Waals surface area contributed by atoms with Crippen LogP contribution in [0.5, 0.6) is 0 Å². The number of rotatable bonds is 8. The molecule has 1 N–H and O–H groups in total. The lowest BCUT2D eigenvalue weighted by atomic mass is 9.89. The Morgan fingerprint density at radius 2 is 2.00 bits per heavy atom. The fraction of sp³-hybridized carbons (Fsp3) is 0.929. The molecule has 2 unspecified atom stereocenters. The third kappa shape index (κ3) is 7.37. The van der Waals surface area contributed by atoms with Crippen molar-refractivity contribution in [2.75, 3.05) is 6.61 Å². The van der Waals surface area contributed by atoms with E-state index in [2.05, 4.69) is 6.92 Å². The van der Waals surface area contributed by atoms with E-state index in [1.165, 1.54) is 25.7 Å². The third-order valence-electron chi connectivity index (χ3n) is 3.53. The Balaban J connectivity index is 1.88. The van der Waals surface area contributed by atoms with Gasteiger partial charge in [-0.05, 0) is 31.6 Å². The minimum Gasteiger partial charge on any atom is -0.481 e. The van der Waals surface area contributed by atoms with Crippen LogP contribution >= 0.6 is 0 Å². The summed E-state index contributed by atoms with van der Waals surface area (Å²) >= 11 is 0. The summed E-state index contributed by atoms with van der Waals surface area (Å²) in [6.45, 7) is 3.16. The summed E-state index contributed by atoms with van der Waals surface area (Å²) in [5.41, 5.74) is 0. The van der Waals surface area contributed by atoms with Crippen LogP contribution in [0.25, 0.3) is 0 Å². The largest absolute Gasteiger partial charge is 0.481 e. The molecule has 0 heterocycles. The molecule has 1 aliphatic rings. The molecule has 1 aliphatic carbocycles. The highest BCUT2D eigenvalue weighted by molar-refractivity contribution is 5.66. The van der Waals surface area contributed by atoms with Crippen molar-refractivity contribution in [1.29, 1.82) is 0 Å². The normalized spacial score (nSPS) is 24.8. The highest BCUT2D eigenvalue weighted by Gasteiger charge is 2.18. The molecule has 0 radical (unpaired) electrons. The van der Waals surface area contributed by atoms with E-state index >= 15 is 0 Å². The first-order valence-corrected chi connectivity index (χ1v) is 7.02. The molecule has 0 bridgehead atoms. The maximum Gasteiger partial charge on any atom is 0.303 e. The molecule has 1 fully saturated rings. The fourth-order valence-electron chi connectivity index (χ4n) is 2.51. The maximum absolute atomic E-state index is 10.3. The third-order valence-corrected chi connectivity index (χ3v) is 3.53. The zero-order valence-corrected chi connectivity index (χ0v) is 11.0. The predicted molar refractivity (Wildman–Crippen MR) is 68.1 cm³/mol. The van der Waals surface area contributed by atoms with E-state index < -0.39 is 5.97 Å². The van der Waals surface area contributed by atoms with E-state index in [4.69, 9.17) is 9.84 Å². The minimum absolute atomic E-state index is 0.307. The van der Waals surface area contributed by atoms with E-state index in [1.54, 1.807) is 0 Å². The van der Waals surface area contributed by atoms with Crippen LogP contribution in [-0.2, 0) is 9.53 Å². The summed E-state index contributed by atoms with van der Waals surface area (Å²) in [6, 6.07) is 0. The molecule has 3 nitrogen and oxygen atoms in total. The van der Waals surface area contributed by atoms with Gasteiger partial charge in [-0.2, -0.15) is 0 Å². The molecule has 0 spiro atoms. The van der Waals surface area contributed by atoms with Crippen LogP contribution in [0.4, 0.5) is 0 Å². The van der Waals surface area contributed by atoms with E-state index in [1.807, 2.05) is 0 Å². The van der Waals surface area contributed by atoms with Crippen molar-refractivity contribution in [3.05, 3.63) is 0 Å². The average molecular weight is 242 g/mol. The van der Waals surface area contributed by atoms with E-state index in [9.17, 15) is 4.79 Å². The number of hydrogen-bond acceptors (Lipinski definition) is 2. The van der Waals surface area contributed by atoms with Crippen molar-refractivity contribution < 1.29 is 14.6 Å². The first kappa shape index (κ1) is 14.5. The average Bonchev–Trinajstić information content (AvgIpc) is 2.27. The zero-order chi connectivity index (χ0) is 12.5. The number of ether oxygens (including phenoxy) is 1. The topological polar surface area (TPSA) is 46.5 Å². The second-order valence-electron chi connectivity index (χ2n) is 5.32. The molecule has 1 saturated carbocycles. The zero-order valence-electron chi connectivity index (χ0n) is 11.0. The number of aliphatic carboxylic acids is 1. The standard InChI is InChI=1S/C14H26O3/c1-12-7-6-8-13(11-12)17-10-5-3-2-4-9-14(15)16/h12-13H,2-11H2,1H3,(H,15,16). The Labute approximate surface area is 105 Å². The van der Waals surface area contributed by atoms with Crippen molar-refractivity contribution in [3.8, 4) is 0 Å². The van der Waals surface area contributed by atoms with Gasteiger partial charge in [0.05, 0.1) is 6.10 Å². The van der Waals surface area contributed by atoms with Crippen molar-refractivity contribution in [1.82, 2.24) is 0 Å². The smallest absolute Gasteiger partial charge is 0.303 e. The fourth-order valence-corrected chi connectivity index (χ4v) is 2.51. The molecule has 0 aromatic heterocycles. The van der Waals surface area contributed by atoms with Gasteiger partial charge in [0.25, 0.3) is 0 Å². The number of carboxylic acid groups (broad SMARTS) is 1. The molecular weight excluding hydrogens is 216 g/mol. The van der Waals surface area contributed by atoms with Crippen molar-refractivity contribution >= 4 is 5.97 Å². The van der Waals surface area contributed by atoms with Crippen LogP contribution in [0, 0.1) is 5.92 Å². The number of hydrogen-bond donors (Lipinski definition) is 1. The Bertz CT molecular complexity index is 216. The molecule has 0 aliphatic heterocycles. The Kier molecular flexibility index (Phi) is 7.25. The Morgan fingerprint density at radius 3 is 2.71 bits per heavy atom. The van der Waals surface area contributed by atoms with Crippen LogP contribution in [0.3, 0.4) is 0 Å². The summed E-state index contributed by atoms with van der Waals surface area (Å²) in [4.78, 5) is 10.3. The van der Waals surface area contributed by atoms with Crippen LogP contribution in [0.2, 0.25) is 0 Å². The summed E-state index contributed by atoms with van der Waals surface area (Å²) < 4.78 is 5.86. The molecule has 100 valence electrons. The van der Waals surface area contributed by atoms with Gasteiger partial charge in [0.15, 0.2) is 0 Å². The highest BCUT2D eigenvalue weighted by atomic mass is 16.5. The Hall–Kier alpha value is -0.570. The van der Waals surface area contributed by atoms with Crippen LogP contribution in [0.15, 0.2) is 0 Å². The van der Waals surface area contributed by atoms with Gasteiger partial charge in [-0.1, -0.05) is 32.6 Å². The second-order valence-corrected chi connectivity index (χ2v) is 5.32. The van der Waals surface area contributed by atoms with Gasteiger partial charge >= 0.3 is 5.97 Å². The van der Waals surface area contributed by atoms with Gasteiger partial charge in [-0.3, -0.25) is 4.79 Å². The lowest BCUT2D eigenvalue weighted by molar-refractivity contribution is -0.137. The SMILES string of the molecule is CC1CCCC(OCCCCCCC(=O)O)C1. The van der Waals surface area contributed by atoms with Gasteiger partial charge < -0.3 is 9.84 Å². The second kappa shape index (κ2) is 8.51. The van der Waals surface area contributed by atoms with Crippen LogP contribution < -0.4 is 0 Å². The van der Waals surface area contributed by atoms with Crippen LogP contribution in [-0.4, -0.2) is 23.8 Å². The van der Waals surface area contributed by atoms with Gasteiger partial charge in [-0.15, -0.1) is 0 Å². The summed E-state index contributed by atoms with van der Waals surface area (Å²) in [7, 11) is 0. The minimum atomic E-state index is -0.683. The number of carboxylic acids is 1. The summed E-state index contributed by atoms with van der Waals surface area (Å²) in [6.07, 6.45) is 9.88. The molecule has 2 atom stereocenters. The highest BCUT2D eigenvalue weighted by Crippen LogP contribution is 2.25. The molecule has 17 heavy (non-hydrogen) atoms. The molecule has 0 aromatic carbocycles. The van der Waals surface area contributed by atoms with E-state index in [0.717, 1.165) is 38.2 Å². The van der Waals surface area contributed by atoms with Gasteiger partial charge in [0.2, 0.25) is 0 Å². The van der Waals surface area contributed by atoms with Gasteiger partial charge in [-0.25, -0.2) is 0 Å². The molecule has 3 heteroatoms. The summed E-state index contributed by atoms with van der Waals surface area (Å²) in [5.74, 6) is 0.141. The molecule has 0 saturated heterocycles. The van der Waals surface area contributed by atoms with Crippen molar-refractivity contribution in [2.45, 2.75) is 70.8 Å². The number of unbranched alkanes of at least 4 members (excludes halogenated alkanes) is 3. The van der Waals surface area contributed by atoms with Gasteiger partial charge in [0, 0.05) is 13.0 Å². The first-order chi connectivity index (χ1) is 8.18. The molecule has 0 amide bonds. The first-order valence-electron chi connectivity index (χ1n) is 7.02. The van der Waals surface area contributed by atoms with Crippen molar-refractivity contribution in [2.24, 2.45) is 5.92 Å². The van der Waals surface area contributed by atoms with E-state index in [-0.39, 0.29) is 0 Å². The van der Waals surface area contributed by atoms with Crippen LogP contribution in [0.1, 0.15) is 64.7 Å². The molecule has 1 rings (SSSR count). The lowest BCUT2D eigenvalue weighted by Crippen LogP contribution is -2.21. The monoisotopic (exact) mass is 242 g/mol. The van der Waals surface area contributed by atoms with Gasteiger partial charge in [0.1, 0.15) is 0 Å². The van der Waals surface area contributed by atoms with Crippen molar-refractivity contribution in [3.63, 3.8) is 0 Å². The Morgan fingerprint density at radius 1 is 1.24 bits per heavy atom.